The van der Waals surface area contributed by atoms with E-state index in [0.29, 0.717) is 11.4 Å². The van der Waals surface area contributed by atoms with Crippen LogP contribution in [0.3, 0.4) is 0 Å². The van der Waals surface area contributed by atoms with Crippen molar-refractivity contribution in [1.82, 2.24) is 0 Å². The normalized spacial score (nSPS) is 11.8. The van der Waals surface area contributed by atoms with Crippen LogP contribution in [0.2, 0.25) is 0 Å². The maximum atomic E-state index is 11.6. The third-order valence-electron chi connectivity index (χ3n) is 2.16. The number of esters is 1. The molecule has 0 bridgehead atoms. The van der Waals surface area contributed by atoms with Gasteiger partial charge in [-0.2, -0.15) is 0 Å². The molecule has 6 N–H and O–H groups in total. The summed E-state index contributed by atoms with van der Waals surface area (Å²) in [6.45, 7) is 1.51. The van der Waals surface area contributed by atoms with Gasteiger partial charge in [-0.05, 0) is 18.2 Å². The van der Waals surface area contributed by atoms with Crippen LogP contribution in [-0.4, -0.2) is 18.5 Å². The summed E-state index contributed by atoms with van der Waals surface area (Å²) in [5.41, 5.74) is 17.1. The average Bonchev–Trinajstić information content (AvgIpc) is 2.23. The Labute approximate surface area is 98.7 Å². The Morgan fingerprint density at radius 1 is 1.24 bits per heavy atom. The van der Waals surface area contributed by atoms with Crippen molar-refractivity contribution in [3.05, 3.63) is 23.8 Å². The second-order valence-electron chi connectivity index (χ2n) is 3.79. The molecule has 1 aromatic carbocycles. The Bertz CT molecular complexity index is 425. The molecule has 1 amide bonds. The van der Waals surface area contributed by atoms with Crippen LogP contribution in [0.25, 0.3) is 0 Å². The van der Waals surface area contributed by atoms with E-state index in [1.54, 1.807) is 6.92 Å². The first-order chi connectivity index (χ1) is 7.90. The Morgan fingerprint density at radius 2 is 1.76 bits per heavy atom. The van der Waals surface area contributed by atoms with Crippen molar-refractivity contribution >= 4 is 23.3 Å². The van der Waals surface area contributed by atoms with E-state index in [2.05, 4.69) is 0 Å². The molecule has 92 valence electrons. The van der Waals surface area contributed by atoms with E-state index >= 15 is 0 Å². The van der Waals surface area contributed by atoms with Crippen molar-refractivity contribution in [2.24, 2.45) is 11.7 Å². The zero-order chi connectivity index (χ0) is 13.0. The molecule has 1 aromatic rings. The van der Waals surface area contributed by atoms with Crippen LogP contribution in [0.1, 0.15) is 17.3 Å². The smallest absolute Gasteiger partial charge is 0.338 e. The summed E-state index contributed by atoms with van der Waals surface area (Å²) in [6.07, 6.45) is 0. The lowest BCUT2D eigenvalue weighted by Gasteiger charge is -2.09. The molecule has 6 nitrogen and oxygen atoms in total. The number of hydrogen-bond acceptors (Lipinski definition) is 5. The first-order valence-electron chi connectivity index (χ1n) is 5.02. The van der Waals surface area contributed by atoms with Crippen LogP contribution >= 0.6 is 0 Å². The van der Waals surface area contributed by atoms with Crippen LogP contribution < -0.4 is 17.2 Å². The number of hydrogen-bond donors (Lipinski definition) is 3. The predicted molar refractivity (Wildman–Crippen MR) is 63.9 cm³/mol. The molecule has 0 saturated heterocycles. The zero-order valence-corrected chi connectivity index (χ0v) is 9.47. The predicted octanol–water partition coefficient (Wildman–Crippen LogP) is 0.129. The highest BCUT2D eigenvalue weighted by Crippen LogP contribution is 2.14. The number of benzene rings is 1. The van der Waals surface area contributed by atoms with Crippen molar-refractivity contribution in [3.8, 4) is 0 Å². The van der Waals surface area contributed by atoms with Crippen molar-refractivity contribution in [2.75, 3.05) is 18.1 Å². The van der Waals surface area contributed by atoms with Gasteiger partial charge < -0.3 is 21.9 Å². The molecule has 0 aliphatic rings. The molecule has 0 aromatic heterocycles. The van der Waals surface area contributed by atoms with Gasteiger partial charge in [0, 0.05) is 11.4 Å². The molecule has 0 fully saturated rings. The van der Waals surface area contributed by atoms with Gasteiger partial charge in [0.1, 0.15) is 6.61 Å². The van der Waals surface area contributed by atoms with E-state index < -0.39 is 17.8 Å². The van der Waals surface area contributed by atoms with Gasteiger partial charge in [-0.1, -0.05) is 6.92 Å². The maximum absolute atomic E-state index is 11.6. The zero-order valence-electron chi connectivity index (χ0n) is 9.47. The van der Waals surface area contributed by atoms with Crippen molar-refractivity contribution in [3.63, 3.8) is 0 Å². The highest BCUT2D eigenvalue weighted by atomic mass is 16.5. The fourth-order valence-electron chi connectivity index (χ4n) is 1.16. The second kappa shape index (κ2) is 5.20. The van der Waals surface area contributed by atoms with E-state index in [1.165, 1.54) is 18.2 Å². The Morgan fingerprint density at radius 3 is 2.24 bits per heavy atom. The highest BCUT2D eigenvalue weighted by molar-refractivity contribution is 5.92. The topological polar surface area (TPSA) is 121 Å². The van der Waals surface area contributed by atoms with Crippen molar-refractivity contribution < 1.29 is 14.3 Å². The Hall–Kier alpha value is -2.24. The number of primary amides is 1. The molecule has 0 heterocycles. The largest absolute Gasteiger partial charge is 0.461 e. The number of carbonyl (C=O) groups is 2. The van der Waals surface area contributed by atoms with Crippen LogP contribution in [0.5, 0.6) is 0 Å². The van der Waals surface area contributed by atoms with E-state index in [9.17, 15) is 9.59 Å². The number of ether oxygens (including phenoxy) is 1. The summed E-state index contributed by atoms with van der Waals surface area (Å²) in [6, 6.07) is 4.43. The van der Waals surface area contributed by atoms with Gasteiger partial charge in [-0.3, -0.25) is 4.79 Å². The molecule has 17 heavy (non-hydrogen) atoms. The summed E-state index contributed by atoms with van der Waals surface area (Å²) in [7, 11) is 0. The molecule has 6 heteroatoms. The third-order valence-corrected chi connectivity index (χ3v) is 2.16. The minimum atomic E-state index is -0.586. The van der Waals surface area contributed by atoms with Gasteiger partial charge in [0.05, 0.1) is 11.5 Å². The van der Waals surface area contributed by atoms with Gasteiger partial charge in [-0.25, -0.2) is 4.79 Å². The van der Waals surface area contributed by atoms with E-state index in [-0.39, 0.29) is 12.2 Å². The highest BCUT2D eigenvalue weighted by Gasteiger charge is 2.14. The second-order valence-corrected chi connectivity index (χ2v) is 3.79. The number of amides is 1. The SMILES string of the molecule is CC(COC(=O)c1cc(N)cc(N)c1)C(N)=O. The first kappa shape index (κ1) is 12.8. The summed E-state index contributed by atoms with van der Waals surface area (Å²) in [5.74, 6) is -1.64. The first-order valence-corrected chi connectivity index (χ1v) is 5.02. The number of rotatable bonds is 4. The number of anilines is 2. The van der Waals surface area contributed by atoms with Gasteiger partial charge in [0.15, 0.2) is 0 Å². The molecule has 1 atom stereocenters. The molecular weight excluding hydrogens is 222 g/mol. The fourth-order valence-corrected chi connectivity index (χ4v) is 1.16. The Balaban J connectivity index is 2.67. The fraction of sp³-hybridized carbons (Fsp3) is 0.273. The Kier molecular flexibility index (Phi) is 3.92. The molecule has 1 unspecified atom stereocenters. The van der Waals surface area contributed by atoms with Gasteiger partial charge in [-0.15, -0.1) is 0 Å². The third kappa shape index (κ3) is 3.67. The van der Waals surface area contributed by atoms with Crippen LogP contribution in [0, 0.1) is 5.92 Å². The van der Waals surface area contributed by atoms with E-state index in [4.69, 9.17) is 21.9 Å². The van der Waals surface area contributed by atoms with Crippen molar-refractivity contribution in [2.45, 2.75) is 6.92 Å². The van der Waals surface area contributed by atoms with Crippen LogP contribution in [0.4, 0.5) is 11.4 Å². The number of nitrogens with two attached hydrogens (primary N) is 3. The minimum Gasteiger partial charge on any atom is -0.461 e. The lowest BCUT2D eigenvalue weighted by Crippen LogP contribution is -2.25. The van der Waals surface area contributed by atoms with Crippen LogP contribution in [0.15, 0.2) is 18.2 Å². The monoisotopic (exact) mass is 237 g/mol. The van der Waals surface area contributed by atoms with Gasteiger partial charge in [0.2, 0.25) is 5.91 Å². The molecule has 0 saturated carbocycles. The average molecular weight is 237 g/mol. The molecule has 0 spiro atoms. The van der Waals surface area contributed by atoms with Crippen LogP contribution in [-0.2, 0) is 9.53 Å². The quantitative estimate of drug-likeness (QED) is 0.507. The summed E-state index contributed by atoms with van der Waals surface area (Å²) >= 11 is 0. The maximum Gasteiger partial charge on any atom is 0.338 e. The van der Waals surface area contributed by atoms with E-state index in [1.807, 2.05) is 0 Å². The standard InChI is InChI=1S/C11H15N3O3/c1-6(10(14)15)5-17-11(16)7-2-8(12)4-9(13)3-7/h2-4,6H,5,12-13H2,1H3,(H2,14,15). The molecular formula is C11H15N3O3. The van der Waals surface area contributed by atoms with Crippen molar-refractivity contribution in [1.29, 1.82) is 0 Å². The summed E-state index contributed by atoms with van der Waals surface area (Å²) in [5, 5.41) is 0. The minimum absolute atomic E-state index is 0.0666. The molecule has 0 aliphatic carbocycles. The van der Waals surface area contributed by atoms with E-state index in [0.717, 1.165) is 0 Å². The lowest BCUT2D eigenvalue weighted by atomic mass is 10.1. The number of nitrogen functional groups attached to an aromatic ring is 2. The lowest BCUT2D eigenvalue weighted by molar-refractivity contribution is -0.122. The summed E-state index contributed by atoms with van der Waals surface area (Å²) < 4.78 is 4.91. The van der Waals surface area contributed by atoms with Gasteiger partial charge >= 0.3 is 5.97 Å². The van der Waals surface area contributed by atoms with Gasteiger partial charge in [0.25, 0.3) is 0 Å². The number of carbonyl (C=O) groups excluding carboxylic acids is 2. The summed E-state index contributed by atoms with van der Waals surface area (Å²) in [4.78, 5) is 22.3. The molecule has 0 aliphatic heterocycles. The molecule has 0 radical (unpaired) electrons. The molecule has 1 rings (SSSR count).